The summed E-state index contributed by atoms with van der Waals surface area (Å²) in [5.74, 6) is -1.17. The molecule has 0 radical (unpaired) electrons. The van der Waals surface area contributed by atoms with Crippen molar-refractivity contribution in [2.45, 2.75) is 19.4 Å². The zero-order chi connectivity index (χ0) is 13.7. The summed E-state index contributed by atoms with van der Waals surface area (Å²) in [6.07, 6.45) is 0.356. The zero-order valence-electron chi connectivity index (χ0n) is 10.8. The highest BCUT2D eigenvalue weighted by atomic mass is 19.1. The van der Waals surface area contributed by atoms with E-state index in [1.54, 1.807) is 21.0 Å². The normalized spacial score (nSPS) is 12.3. The predicted octanol–water partition coefficient (Wildman–Crippen LogP) is 2.09. The van der Waals surface area contributed by atoms with Crippen molar-refractivity contribution in [1.29, 1.82) is 0 Å². The Morgan fingerprint density at radius 1 is 1.28 bits per heavy atom. The van der Waals surface area contributed by atoms with Crippen molar-refractivity contribution in [2.24, 2.45) is 0 Å². The average molecular weight is 256 g/mol. The molecule has 18 heavy (non-hydrogen) atoms. The fourth-order valence-corrected chi connectivity index (χ4v) is 1.56. The topological polar surface area (TPSA) is 32.3 Å². The van der Waals surface area contributed by atoms with Gasteiger partial charge in [0.25, 0.3) is 0 Å². The van der Waals surface area contributed by atoms with E-state index in [9.17, 15) is 13.6 Å². The molecule has 1 aromatic carbocycles. The number of nitrogens with zero attached hydrogens (tertiary/aromatic N) is 1. The zero-order valence-corrected chi connectivity index (χ0v) is 10.8. The molecule has 1 rings (SSSR count). The van der Waals surface area contributed by atoms with Crippen molar-refractivity contribution in [3.63, 3.8) is 0 Å². The van der Waals surface area contributed by atoms with Gasteiger partial charge in [-0.1, -0.05) is 0 Å². The summed E-state index contributed by atoms with van der Waals surface area (Å²) in [7, 11) is 3.38. The Bertz CT molecular complexity index is 401. The van der Waals surface area contributed by atoms with Gasteiger partial charge in [-0.15, -0.1) is 0 Å². The van der Waals surface area contributed by atoms with Gasteiger partial charge in [0.2, 0.25) is 5.91 Å². The summed E-state index contributed by atoms with van der Waals surface area (Å²) in [6.45, 7) is 2.27. The molecule has 1 atom stereocenters. The van der Waals surface area contributed by atoms with Crippen LogP contribution in [-0.2, 0) is 4.79 Å². The predicted molar refractivity (Wildman–Crippen MR) is 66.1 cm³/mol. The summed E-state index contributed by atoms with van der Waals surface area (Å²) in [4.78, 5) is 12.8. The molecule has 3 nitrogen and oxygen atoms in total. The SMILES string of the molecule is CC(NCCC(=O)N(C)C)c1cc(F)cc(F)c1. The van der Waals surface area contributed by atoms with Crippen molar-refractivity contribution < 1.29 is 13.6 Å². The minimum absolute atomic E-state index is 0.0140. The molecule has 1 N–H and O–H groups in total. The molecule has 5 heteroatoms. The van der Waals surface area contributed by atoms with E-state index in [-0.39, 0.29) is 11.9 Å². The fraction of sp³-hybridized carbons (Fsp3) is 0.462. The van der Waals surface area contributed by atoms with Crippen LogP contribution in [0.25, 0.3) is 0 Å². The number of hydrogen-bond acceptors (Lipinski definition) is 2. The standard InChI is InChI=1S/C13H18F2N2O/c1-9(16-5-4-13(18)17(2)3)10-6-11(14)8-12(15)7-10/h6-9,16H,4-5H2,1-3H3. The van der Waals surface area contributed by atoms with E-state index in [1.165, 1.54) is 17.0 Å². The molecule has 0 aliphatic carbocycles. The van der Waals surface area contributed by atoms with Crippen molar-refractivity contribution >= 4 is 5.91 Å². The first-order valence-electron chi connectivity index (χ1n) is 5.79. The minimum atomic E-state index is -0.594. The largest absolute Gasteiger partial charge is 0.349 e. The molecule has 0 aromatic heterocycles. The molecule has 0 fully saturated rings. The maximum atomic E-state index is 13.0. The lowest BCUT2D eigenvalue weighted by atomic mass is 10.1. The summed E-state index contributed by atoms with van der Waals surface area (Å²) in [5, 5.41) is 3.06. The van der Waals surface area contributed by atoms with E-state index < -0.39 is 11.6 Å². The summed E-state index contributed by atoms with van der Waals surface area (Å²) >= 11 is 0. The summed E-state index contributed by atoms with van der Waals surface area (Å²) in [6, 6.07) is 3.21. The van der Waals surface area contributed by atoms with Crippen LogP contribution in [0.2, 0.25) is 0 Å². The third-order valence-electron chi connectivity index (χ3n) is 2.67. The maximum absolute atomic E-state index is 13.0. The van der Waals surface area contributed by atoms with Gasteiger partial charge >= 0.3 is 0 Å². The number of halogens is 2. The molecule has 0 aliphatic rings. The fourth-order valence-electron chi connectivity index (χ4n) is 1.56. The highest BCUT2D eigenvalue weighted by molar-refractivity contribution is 5.75. The van der Waals surface area contributed by atoms with Crippen LogP contribution in [0.5, 0.6) is 0 Å². The smallest absolute Gasteiger partial charge is 0.223 e. The number of amides is 1. The molecular formula is C13H18F2N2O. The lowest BCUT2D eigenvalue weighted by Gasteiger charge is -2.15. The van der Waals surface area contributed by atoms with Gasteiger partial charge < -0.3 is 10.2 Å². The highest BCUT2D eigenvalue weighted by Crippen LogP contribution is 2.15. The number of carbonyl (C=O) groups is 1. The molecule has 1 aromatic rings. The van der Waals surface area contributed by atoms with E-state index in [4.69, 9.17) is 0 Å². The maximum Gasteiger partial charge on any atom is 0.223 e. The van der Waals surface area contributed by atoms with Crippen molar-refractivity contribution in [3.05, 3.63) is 35.4 Å². The van der Waals surface area contributed by atoms with E-state index >= 15 is 0 Å². The Kier molecular flexibility index (Phi) is 5.22. The summed E-state index contributed by atoms with van der Waals surface area (Å²) < 4.78 is 26.0. The van der Waals surface area contributed by atoms with Crippen LogP contribution in [-0.4, -0.2) is 31.4 Å². The number of nitrogens with one attached hydrogen (secondary N) is 1. The van der Waals surface area contributed by atoms with Crippen LogP contribution in [0.4, 0.5) is 8.78 Å². The van der Waals surface area contributed by atoms with Gasteiger partial charge in [-0.2, -0.15) is 0 Å². The van der Waals surface area contributed by atoms with E-state index in [2.05, 4.69) is 5.32 Å². The summed E-state index contributed by atoms with van der Waals surface area (Å²) in [5.41, 5.74) is 0.532. The lowest BCUT2D eigenvalue weighted by Crippen LogP contribution is -2.28. The van der Waals surface area contributed by atoms with Gasteiger partial charge in [-0.25, -0.2) is 8.78 Å². The first-order valence-corrected chi connectivity index (χ1v) is 5.79. The first kappa shape index (κ1) is 14.6. The Labute approximate surface area is 106 Å². The molecule has 0 spiro atoms. The number of hydrogen-bond donors (Lipinski definition) is 1. The number of benzene rings is 1. The number of carbonyl (C=O) groups excluding carboxylic acids is 1. The number of rotatable bonds is 5. The van der Waals surface area contributed by atoms with E-state index in [0.29, 0.717) is 18.5 Å². The minimum Gasteiger partial charge on any atom is -0.349 e. The van der Waals surface area contributed by atoms with Crippen LogP contribution in [0, 0.1) is 11.6 Å². The van der Waals surface area contributed by atoms with Crippen molar-refractivity contribution in [1.82, 2.24) is 10.2 Å². The molecule has 100 valence electrons. The molecule has 1 unspecified atom stereocenters. The van der Waals surface area contributed by atoms with Gasteiger partial charge in [-0.05, 0) is 24.6 Å². The molecular weight excluding hydrogens is 238 g/mol. The molecule has 1 amide bonds. The van der Waals surface area contributed by atoms with Crippen LogP contribution >= 0.6 is 0 Å². The van der Waals surface area contributed by atoms with Gasteiger partial charge in [0.15, 0.2) is 0 Å². The third-order valence-corrected chi connectivity index (χ3v) is 2.67. The van der Waals surface area contributed by atoms with E-state index in [1.807, 2.05) is 0 Å². The van der Waals surface area contributed by atoms with Gasteiger partial charge in [-0.3, -0.25) is 4.79 Å². The van der Waals surface area contributed by atoms with Crippen LogP contribution < -0.4 is 5.32 Å². The Hall–Kier alpha value is -1.49. The molecule has 0 aliphatic heterocycles. The molecule has 0 heterocycles. The van der Waals surface area contributed by atoms with Gasteiger partial charge in [0.05, 0.1) is 0 Å². The van der Waals surface area contributed by atoms with Gasteiger partial charge in [0, 0.05) is 39.2 Å². The van der Waals surface area contributed by atoms with Crippen molar-refractivity contribution in [3.8, 4) is 0 Å². The van der Waals surface area contributed by atoms with Crippen LogP contribution in [0.15, 0.2) is 18.2 Å². The van der Waals surface area contributed by atoms with E-state index in [0.717, 1.165) is 6.07 Å². The average Bonchev–Trinajstić information content (AvgIpc) is 2.27. The highest BCUT2D eigenvalue weighted by Gasteiger charge is 2.09. The first-order chi connectivity index (χ1) is 8.40. The molecule has 0 saturated carbocycles. The second-order valence-corrected chi connectivity index (χ2v) is 4.42. The van der Waals surface area contributed by atoms with Crippen LogP contribution in [0.1, 0.15) is 24.9 Å². The Morgan fingerprint density at radius 3 is 2.33 bits per heavy atom. The Morgan fingerprint density at radius 2 is 1.83 bits per heavy atom. The second kappa shape index (κ2) is 6.44. The lowest BCUT2D eigenvalue weighted by molar-refractivity contribution is -0.128. The molecule has 0 saturated heterocycles. The quantitative estimate of drug-likeness (QED) is 0.875. The second-order valence-electron chi connectivity index (χ2n) is 4.42. The van der Waals surface area contributed by atoms with Gasteiger partial charge in [0.1, 0.15) is 11.6 Å². The monoisotopic (exact) mass is 256 g/mol. The third kappa shape index (κ3) is 4.41. The van der Waals surface area contributed by atoms with Crippen molar-refractivity contribution in [2.75, 3.05) is 20.6 Å². The molecule has 0 bridgehead atoms. The Balaban J connectivity index is 2.50. The van der Waals surface area contributed by atoms with Crippen LogP contribution in [0.3, 0.4) is 0 Å².